The van der Waals surface area contributed by atoms with E-state index in [1.165, 1.54) is 17.8 Å². The summed E-state index contributed by atoms with van der Waals surface area (Å²) >= 11 is 1.50. The molecule has 1 unspecified atom stereocenters. The largest absolute Gasteiger partial charge is 0.508 e. The van der Waals surface area contributed by atoms with Crippen molar-refractivity contribution >= 4 is 34.6 Å². The first kappa shape index (κ1) is 18.9. The molecule has 0 amide bonds. The standard InChI is InChI=1S/C24H14N4O2S/c1-2-13-7-8-17-18(9-13)23(30)21-22(17)26-19-5-3-4-6-20(19)31-24(21)14-10-15(27-28-25)12-16(29)11-14/h1,3-12,24,26,29H. The number of Topliss-reactive ketones (excluding diaryl/α,β-unsaturated/α-hetero) is 1. The van der Waals surface area contributed by atoms with Crippen molar-refractivity contribution in [2.24, 2.45) is 5.11 Å². The number of nitrogens with zero attached hydrogens (tertiary/aromatic N) is 3. The Morgan fingerprint density at radius 3 is 2.77 bits per heavy atom. The third kappa shape index (κ3) is 3.11. The number of hydrogen-bond donors (Lipinski definition) is 2. The van der Waals surface area contributed by atoms with E-state index in [9.17, 15) is 9.90 Å². The summed E-state index contributed by atoms with van der Waals surface area (Å²) in [6, 6.07) is 17.9. The predicted octanol–water partition coefficient (Wildman–Crippen LogP) is 6.18. The van der Waals surface area contributed by atoms with Crippen LogP contribution in [0.2, 0.25) is 0 Å². The van der Waals surface area contributed by atoms with Crippen molar-refractivity contribution < 1.29 is 9.90 Å². The van der Waals surface area contributed by atoms with E-state index >= 15 is 0 Å². The van der Waals surface area contributed by atoms with Gasteiger partial charge in [0.1, 0.15) is 5.75 Å². The van der Waals surface area contributed by atoms with Crippen LogP contribution >= 0.6 is 11.8 Å². The van der Waals surface area contributed by atoms with Crippen LogP contribution in [0.1, 0.15) is 32.3 Å². The number of carbonyl (C=O) groups is 1. The molecule has 1 atom stereocenters. The predicted molar refractivity (Wildman–Crippen MR) is 121 cm³/mol. The summed E-state index contributed by atoms with van der Waals surface area (Å²) in [5, 5.41) is 16.9. The minimum absolute atomic E-state index is 0.0364. The number of ketones is 1. The van der Waals surface area contributed by atoms with Crippen LogP contribution in [0.4, 0.5) is 11.4 Å². The minimum Gasteiger partial charge on any atom is -0.508 e. The van der Waals surface area contributed by atoms with Crippen molar-refractivity contribution in [3.63, 3.8) is 0 Å². The number of nitrogens with one attached hydrogen (secondary N) is 1. The number of fused-ring (bicyclic) bond motifs is 3. The van der Waals surface area contributed by atoms with Gasteiger partial charge in [-0.25, -0.2) is 0 Å². The molecule has 7 heteroatoms. The fraction of sp³-hybridized carbons (Fsp3) is 0.0417. The maximum absolute atomic E-state index is 13.6. The lowest BCUT2D eigenvalue weighted by atomic mass is 9.99. The second-order valence-electron chi connectivity index (χ2n) is 7.11. The maximum Gasteiger partial charge on any atom is 0.193 e. The molecule has 0 spiro atoms. The molecule has 1 aliphatic carbocycles. The number of phenolic OH excluding ortho intramolecular Hbond substituents is 1. The quantitative estimate of drug-likeness (QED) is 0.223. The number of para-hydroxylation sites is 1. The fourth-order valence-electron chi connectivity index (χ4n) is 3.94. The smallest absolute Gasteiger partial charge is 0.193 e. The van der Waals surface area contributed by atoms with Gasteiger partial charge in [-0.15, -0.1) is 18.2 Å². The number of hydrogen-bond acceptors (Lipinski definition) is 5. The Balaban J connectivity index is 1.75. The van der Waals surface area contributed by atoms with Gasteiger partial charge >= 0.3 is 0 Å². The Kier molecular flexibility index (Phi) is 4.45. The molecule has 3 aromatic carbocycles. The normalized spacial score (nSPS) is 16.2. The fourth-order valence-corrected chi connectivity index (χ4v) is 5.21. The number of carbonyl (C=O) groups excluding carboxylic acids is 1. The average molecular weight is 422 g/mol. The lowest BCUT2D eigenvalue weighted by Gasteiger charge is -2.18. The summed E-state index contributed by atoms with van der Waals surface area (Å²) in [7, 11) is 0. The summed E-state index contributed by atoms with van der Waals surface area (Å²) in [4.78, 5) is 17.3. The first-order chi connectivity index (χ1) is 15.1. The number of thioether (sulfide) groups is 1. The zero-order valence-corrected chi connectivity index (χ0v) is 16.9. The SMILES string of the molecule is C#Cc1ccc2c(c1)C(=O)C1=C2Nc2ccccc2SC1c1cc(O)cc(N=[N+]=[N-])c1. The average Bonchev–Trinajstić information content (AvgIpc) is 2.93. The molecule has 0 bridgehead atoms. The van der Waals surface area contributed by atoms with Crippen molar-refractivity contribution in [1.82, 2.24) is 0 Å². The van der Waals surface area contributed by atoms with Crippen LogP contribution in [0.25, 0.3) is 16.1 Å². The Labute approximate surface area is 182 Å². The van der Waals surface area contributed by atoms with Crippen LogP contribution in [0, 0.1) is 12.3 Å². The summed E-state index contributed by atoms with van der Waals surface area (Å²) in [5.74, 6) is 2.43. The first-order valence-corrected chi connectivity index (χ1v) is 10.3. The van der Waals surface area contributed by atoms with E-state index in [0.717, 1.165) is 21.8 Å². The van der Waals surface area contributed by atoms with Gasteiger partial charge in [0.25, 0.3) is 0 Å². The molecular formula is C24H14N4O2S. The van der Waals surface area contributed by atoms with Crippen molar-refractivity contribution in [3.8, 4) is 18.1 Å². The molecule has 0 radical (unpaired) electrons. The van der Waals surface area contributed by atoms with Gasteiger partial charge in [-0.2, -0.15) is 0 Å². The number of terminal acetylenes is 1. The zero-order valence-electron chi connectivity index (χ0n) is 16.0. The number of rotatable bonds is 2. The van der Waals surface area contributed by atoms with Crippen molar-refractivity contribution in [1.29, 1.82) is 0 Å². The number of phenols is 1. The van der Waals surface area contributed by atoms with Crippen molar-refractivity contribution in [2.45, 2.75) is 10.1 Å². The van der Waals surface area contributed by atoms with Gasteiger partial charge in [0, 0.05) is 37.8 Å². The molecule has 3 aromatic rings. The van der Waals surface area contributed by atoms with E-state index < -0.39 is 5.25 Å². The van der Waals surface area contributed by atoms with E-state index in [2.05, 4.69) is 21.3 Å². The Hall–Kier alpha value is -4.11. The summed E-state index contributed by atoms with van der Waals surface area (Å²) < 4.78 is 0. The highest BCUT2D eigenvalue weighted by Crippen LogP contribution is 2.53. The third-order valence-corrected chi connectivity index (χ3v) is 6.61. The molecule has 0 saturated heterocycles. The summed E-state index contributed by atoms with van der Waals surface area (Å²) in [6.07, 6.45) is 5.54. The Bertz CT molecular complexity index is 1400. The summed E-state index contributed by atoms with van der Waals surface area (Å²) in [5.41, 5.74) is 13.9. The van der Waals surface area contributed by atoms with Gasteiger partial charge in [0.05, 0.1) is 16.6 Å². The lowest BCUT2D eigenvalue weighted by molar-refractivity contribution is 0.103. The van der Waals surface area contributed by atoms with Gasteiger partial charge in [0.2, 0.25) is 0 Å². The second-order valence-corrected chi connectivity index (χ2v) is 8.26. The molecule has 5 rings (SSSR count). The molecule has 2 aliphatic rings. The van der Waals surface area contributed by atoms with E-state index in [0.29, 0.717) is 22.3 Å². The highest BCUT2D eigenvalue weighted by atomic mass is 32.2. The Morgan fingerprint density at radius 2 is 1.97 bits per heavy atom. The van der Waals surface area contributed by atoms with Gasteiger partial charge in [-0.1, -0.05) is 29.2 Å². The van der Waals surface area contributed by atoms with E-state index in [4.69, 9.17) is 12.0 Å². The van der Waals surface area contributed by atoms with Gasteiger partial charge in [0.15, 0.2) is 5.78 Å². The Morgan fingerprint density at radius 1 is 1.13 bits per heavy atom. The molecule has 31 heavy (non-hydrogen) atoms. The van der Waals surface area contributed by atoms with Crippen LogP contribution in [0.3, 0.4) is 0 Å². The van der Waals surface area contributed by atoms with Gasteiger partial charge in [-0.05, 0) is 53.6 Å². The molecule has 148 valence electrons. The van der Waals surface area contributed by atoms with Gasteiger partial charge < -0.3 is 10.4 Å². The lowest BCUT2D eigenvalue weighted by Crippen LogP contribution is -2.07. The van der Waals surface area contributed by atoms with Crippen LogP contribution in [-0.2, 0) is 0 Å². The highest BCUT2D eigenvalue weighted by molar-refractivity contribution is 8.00. The third-order valence-electron chi connectivity index (χ3n) is 5.26. The minimum atomic E-state index is -0.430. The maximum atomic E-state index is 13.6. The molecular weight excluding hydrogens is 408 g/mol. The van der Waals surface area contributed by atoms with Crippen LogP contribution < -0.4 is 5.32 Å². The van der Waals surface area contributed by atoms with E-state index in [-0.39, 0.29) is 17.2 Å². The summed E-state index contributed by atoms with van der Waals surface area (Å²) in [6.45, 7) is 0. The molecule has 2 N–H and O–H groups in total. The molecule has 0 saturated carbocycles. The van der Waals surface area contributed by atoms with E-state index in [1.807, 2.05) is 36.4 Å². The number of aromatic hydroxyl groups is 1. The molecule has 6 nitrogen and oxygen atoms in total. The van der Waals surface area contributed by atoms with Crippen molar-refractivity contribution in [2.75, 3.05) is 5.32 Å². The van der Waals surface area contributed by atoms with Crippen molar-refractivity contribution in [3.05, 3.63) is 98.9 Å². The monoisotopic (exact) mass is 422 g/mol. The first-order valence-electron chi connectivity index (χ1n) is 9.40. The van der Waals surface area contributed by atoms with Crippen LogP contribution in [-0.4, -0.2) is 10.9 Å². The highest BCUT2D eigenvalue weighted by Gasteiger charge is 2.38. The van der Waals surface area contributed by atoms with Crippen LogP contribution in [0.15, 0.2) is 76.2 Å². The number of benzene rings is 3. The number of anilines is 1. The van der Waals surface area contributed by atoms with Gasteiger partial charge in [-0.3, -0.25) is 4.79 Å². The molecule has 0 aromatic heterocycles. The zero-order chi connectivity index (χ0) is 21.5. The second kappa shape index (κ2) is 7.29. The molecule has 0 fully saturated rings. The van der Waals surface area contributed by atoms with E-state index in [1.54, 1.807) is 18.2 Å². The number of azide groups is 1. The molecule has 1 aliphatic heterocycles. The molecule has 1 heterocycles. The topological polar surface area (TPSA) is 98.1 Å². The van der Waals surface area contributed by atoms with Crippen LogP contribution in [0.5, 0.6) is 5.75 Å².